The number of nitrogens with zero attached hydrogens (tertiary/aromatic N) is 2. The molecule has 0 aromatic carbocycles. The van der Waals surface area contributed by atoms with E-state index in [1.165, 1.54) is 18.5 Å². The summed E-state index contributed by atoms with van der Waals surface area (Å²) in [7, 11) is 0. The van der Waals surface area contributed by atoms with Crippen molar-refractivity contribution >= 4 is 17.3 Å². The predicted octanol–water partition coefficient (Wildman–Crippen LogP) is 1.71. The fraction of sp³-hybridized carbons (Fsp3) is 0.333. The Hall–Kier alpha value is -2.04. The van der Waals surface area contributed by atoms with Gasteiger partial charge in [0.1, 0.15) is 0 Å². The Balaban J connectivity index is 2.98. The van der Waals surface area contributed by atoms with E-state index in [2.05, 4.69) is 10.1 Å². The van der Waals surface area contributed by atoms with Gasteiger partial charge in [-0.25, -0.2) is 0 Å². The highest BCUT2D eigenvalue weighted by atomic mass is 16.4. The van der Waals surface area contributed by atoms with Crippen molar-refractivity contribution in [1.29, 1.82) is 0 Å². The van der Waals surface area contributed by atoms with Crippen LogP contribution in [-0.4, -0.2) is 27.5 Å². The highest BCUT2D eigenvalue weighted by Crippen LogP contribution is 2.08. The highest BCUT2D eigenvalue weighted by molar-refractivity contribution is 6.69. The monoisotopic (exact) mass is 234 g/mol. The van der Waals surface area contributed by atoms with Gasteiger partial charge in [-0.1, -0.05) is 19.0 Å². The van der Waals surface area contributed by atoms with Crippen molar-refractivity contribution in [3.05, 3.63) is 30.1 Å². The number of carbonyl (C=O) groups excluding carboxylic acids is 2. The first-order valence-corrected chi connectivity index (χ1v) is 5.32. The second kappa shape index (κ2) is 5.89. The van der Waals surface area contributed by atoms with Crippen LogP contribution < -0.4 is 0 Å². The van der Waals surface area contributed by atoms with Crippen molar-refractivity contribution in [2.45, 2.75) is 20.3 Å². The van der Waals surface area contributed by atoms with Crippen molar-refractivity contribution < 1.29 is 14.8 Å². The molecule has 0 saturated carbocycles. The third-order valence-corrected chi connectivity index (χ3v) is 2.53. The first-order chi connectivity index (χ1) is 8.11. The molecule has 1 aromatic heterocycles. The molecule has 5 heteroatoms. The highest BCUT2D eigenvalue weighted by Gasteiger charge is 2.26. The lowest BCUT2D eigenvalue weighted by atomic mass is 9.95. The van der Waals surface area contributed by atoms with Crippen molar-refractivity contribution in [2.24, 2.45) is 11.1 Å². The van der Waals surface area contributed by atoms with E-state index in [4.69, 9.17) is 5.21 Å². The molecule has 0 spiro atoms. The van der Waals surface area contributed by atoms with Gasteiger partial charge < -0.3 is 5.21 Å². The summed E-state index contributed by atoms with van der Waals surface area (Å²) in [5, 5.41) is 11.6. The van der Waals surface area contributed by atoms with Gasteiger partial charge >= 0.3 is 0 Å². The van der Waals surface area contributed by atoms with E-state index in [1.807, 2.05) is 6.92 Å². The number of pyridine rings is 1. The largest absolute Gasteiger partial charge is 0.410 e. The second-order valence-electron chi connectivity index (χ2n) is 3.69. The van der Waals surface area contributed by atoms with Crippen molar-refractivity contribution in [2.75, 3.05) is 0 Å². The maximum atomic E-state index is 11.9. The summed E-state index contributed by atoms with van der Waals surface area (Å²) < 4.78 is 0. The number of oxime groups is 1. The Morgan fingerprint density at radius 1 is 1.53 bits per heavy atom. The molecule has 5 nitrogen and oxygen atoms in total. The quantitative estimate of drug-likeness (QED) is 0.276. The van der Waals surface area contributed by atoms with E-state index < -0.39 is 17.3 Å². The molecule has 1 N–H and O–H groups in total. The minimum absolute atomic E-state index is 0.233. The normalized spacial score (nSPS) is 13.2. The Morgan fingerprint density at radius 3 is 2.71 bits per heavy atom. The van der Waals surface area contributed by atoms with Crippen LogP contribution in [0.3, 0.4) is 0 Å². The topological polar surface area (TPSA) is 79.6 Å². The maximum Gasteiger partial charge on any atom is 0.220 e. The lowest BCUT2D eigenvalue weighted by molar-refractivity contribution is -0.116. The summed E-state index contributed by atoms with van der Waals surface area (Å²) in [5.74, 6) is -1.41. The molecule has 0 saturated heterocycles. The van der Waals surface area contributed by atoms with Gasteiger partial charge in [0.05, 0.1) is 0 Å². The maximum absolute atomic E-state index is 11.9. The molecule has 0 aliphatic rings. The molecule has 0 aliphatic heterocycles. The van der Waals surface area contributed by atoms with E-state index >= 15 is 0 Å². The van der Waals surface area contributed by atoms with Crippen LogP contribution in [-0.2, 0) is 4.79 Å². The minimum atomic E-state index is -0.606. The van der Waals surface area contributed by atoms with Gasteiger partial charge in [0, 0.05) is 23.9 Å². The molecule has 1 unspecified atom stereocenters. The zero-order valence-electron chi connectivity index (χ0n) is 9.75. The van der Waals surface area contributed by atoms with E-state index in [0.29, 0.717) is 6.42 Å². The lowest BCUT2D eigenvalue weighted by Crippen LogP contribution is -2.29. The molecular weight excluding hydrogens is 220 g/mol. The van der Waals surface area contributed by atoms with E-state index in [0.717, 1.165) is 0 Å². The van der Waals surface area contributed by atoms with Gasteiger partial charge in [0.2, 0.25) is 5.78 Å². The summed E-state index contributed by atoms with van der Waals surface area (Å²) >= 11 is 0. The first kappa shape index (κ1) is 13.0. The molecule has 1 rings (SSSR count). The zero-order chi connectivity index (χ0) is 12.8. The Morgan fingerprint density at radius 2 is 2.24 bits per heavy atom. The molecular formula is C12H14N2O3. The van der Waals surface area contributed by atoms with Crippen LogP contribution in [0.25, 0.3) is 0 Å². The van der Waals surface area contributed by atoms with Gasteiger partial charge in [0.15, 0.2) is 11.5 Å². The molecule has 0 aliphatic carbocycles. The van der Waals surface area contributed by atoms with E-state index in [1.54, 1.807) is 13.0 Å². The first-order valence-electron chi connectivity index (χ1n) is 5.32. The Kier molecular flexibility index (Phi) is 4.51. The van der Waals surface area contributed by atoms with Crippen molar-refractivity contribution in [1.82, 2.24) is 4.98 Å². The molecule has 0 radical (unpaired) electrons. The van der Waals surface area contributed by atoms with Gasteiger partial charge in [0.25, 0.3) is 0 Å². The van der Waals surface area contributed by atoms with Gasteiger partial charge in [-0.3, -0.25) is 14.6 Å². The zero-order valence-corrected chi connectivity index (χ0v) is 9.75. The lowest BCUT2D eigenvalue weighted by Gasteiger charge is -2.07. The molecule has 17 heavy (non-hydrogen) atoms. The molecule has 1 aromatic rings. The smallest absolute Gasteiger partial charge is 0.220 e. The molecule has 0 amide bonds. The van der Waals surface area contributed by atoms with Gasteiger partial charge in [-0.2, -0.15) is 0 Å². The van der Waals surface area contributed by atoms with Gasteiger partial charge in [-0.15, -0.1) is 0 Å². The van der Waals surface area contributed by atoms with Crippen LogP contribution in [0, 0.1) is 5.92 Å². The average molecular weight is 234 g/mol. The fourth-order valence-corrected chi connectivity index (χ4v) is 1.26. The SMILES string of the molecule is CCC(C)C(=O)C(=NO)C(=O)c1cccnc1. The van der Waals surface area contributed by atoms with Crippen LogP contribution in [0.5, 0.6) is 0 Å². The van der Waals surface area contributed by atoms with Crippen LogP contribution in [0.1, 0.15) is 30.6 Å². The van der Waals surface area contributed by atoms with Crippen molar-refractivity contribution in [3.63, 3.8) is 0 Å². The van der Waals surface area contributed by atoms with Crippen LogP contribution in [0.4, 0.5) is 0 Å². The number of hydrogen-bond acceptors (Lipinski definition) is 5. The number of Topliss-reactive ketones (excluding diaryl/α,β-unsaturated/α-hetero) is 2. The number of carbonyl (C=O) groups is 2. The third-order valence-electron chi connectivity index (χ3n) is 2.53. The van der Waals surface area contributed by atoms with Gasteiger partial charge in [-0.05, 0) is 18.6 Å². The molecule has 0 fully saturated rings. The number of ketones is 2. The Labute approximate surface area is 99.2 Å². The molecule has 1 atom stereocenters. The molecule has 0 bridgehead atoms. The van der Waals surface area contributed by atoms with Crippen LogP contribution in [0.2, 0.25) is 0 Å². The number of hydrogen-bond donors (Lipinski definition) is 1. The number of rotatable bonds is 5. The summed E-state index contributed by atoms with van der Waals surface area (Å²) in [6.07, 6.45) is 3.43. The van der Waals surface area contributed by atoms with Crippen LogP contribution >= 0.6 is 0 Å². The fourth-order valence-electron chi connectivity index (χ4n) is 1.26. The third kappa shape index (κ3) is 2.96. The summed E-state index contributed by atoms with van der Waals surface area (Å²) in [4.78, 5) is 27.5. The number of aromatic nitrogens is 1. The second-order valence-corrected chi connectivity index (χ2v) is 3.69. The average Bonchev–Trinajstić information content (AvgIpc) is 2.39. The van der Waals surface area contributed by atoms with Crippen LogP contribution in [0.15, 0.2) is 29.7 Å². The van der Waals surface area contributed by atoms with E-state index in [-0.39, 0.29) is 11.5 Å². The summed E-state index contributed by atoms with van der Waals surface area (Å²) in [5.41, 5.74) is -0.204. The standard InChI is InChI=1S/C12H14N2O3/c1-3-8(2)11(15)10(14-17)12(16)9-5-4-6-13-7-9/h4-8,17H,3H2,1-2H3. The molecule has 90 valence electrons. The molecule has 1 heterocycles. The van der Waals surface area contributed by atoms with E-state index in [9.17, 15) is 9.59 Å². The summed E-state index contributed by atoms with van der Waals surface area (Å²) in [6, 6.07) is 3.10. The van der Waals surface area contributed by atoms with Crippen molar-refractivity contribution in [3.8, 4) is 0 Å². The minimum Gasteiger partial charge on any atom is -0.410 e. The summed E-state index contributed by atoms with van der Waals surface area (Å²) in [6.45, 7) is 3.51. The Bertz CT molecular complexity index is 440. The predicted molar refractivity (Wildman–Crippen MR) is 62.3 cm³/mol.